The van der Waals surface area contributed by atoms with Gasteiger partial charge in [-0.2, -0.15) is 0 Å². The predicted molar refractivity (Wildman–Crippen MR) is 81.8 cm³/mol. The molecule has 20 heavy (non-hydrogen) atoms. The SMILES string of the molecule is COc1ccc(CS(=O)(=O)Cl)cc1C1CCC(C)CC1. The van der Waals surface area contributed by atoms with Crippen molar-refractivity contribution < 1.29 is 13.2 Å². The number of halogens is 1. The van der Waals surface area contributed by atoms with E-state index in [0.717, 1.165) is 35.6 Å². The number of methoxy groups -OCH3 is 1. The van der Waals surface area contributed by atoms with Gasteiger partial charge in [0.2, 0.25) is 9.05 Å². The molecule has 0 spiro atoms. The van der Waals surface area contributed by atoms with E-state index in [1.165, 1.54) is 12.8 Å². The van der Waals surface area contributed by atoms with Crippen molar-refractivity contribution >= 4 is 19.7 Å². The van der Waals surface area contributed by atoms with E-state index in [2.05, 4.69) is 6.92 Å². The first-order valence-corrected chi connectivity index (χ1v) is 9.46. The van der Waals surface area contributed by atoms with Gasteiger partial charge in [0.05, 0.1) is 12.9 Å². The average molecular weight is 317 g/mol. The summed E-state index contributed by atoms with van der Waals surface area (Å²) in [5.74, 6) is 1.96. The van der Waals surface area contributed by atoms with Gasteiger partial charge in [0.1, 0.15) is 5.75 Å². The van der Waals surface area contributed by atoms with Crippen LogP contribution in [0.3, 0.4) is 0 Å². The molecule has 0 aliphatic heterocycles. The average Bonchev–Trinajstić information content (AvgIpc) is 2.38. The van der Waals surface area contributed by atoms with Crippen LogP contribution in [-0.4, -0.2) is 15.5 Å². The Morgan fingerprint density at radius 3 is 2.45 bits per heavy atom. The molecule has 112 valence electrons. The number of hydrogen-bond donors (Lipinski definition) is 0. The van der Waals surface area contributed by atoms with Crippen molar-refractivity contribution in [3.05, 3.63) is 29.3 Å². The predicted octanol–water partition coefficient (Wildman–Crippen LogP) is 4.06. The minimum absolute atomic E-state index is 0.130. The molecule has 0 atom stereocenters. The highest BCUT2D eigenvalue weighted by Crippen LogP contribution is 2.39. The summed E-state index contributed by atoms with van der Waals surface area (Å²) in [6, 6.07) is 5.57. The van der Waals surface area contributed by atoms with E-state index in [4.69, 9.17) is 15.4 Å². The van der Waals surface area contributed by atoms with Crippen LogP contribution in [0.2, 0.25) is 0 Å². The Labute approximate surface area is 125 Å². The highest BCUT2D eigenvalue weighted by Gasteiger charge is 2.23. The fourth-order valence-electron chi connectivity index (χ4n) is 2.96. The minimum atomic E-state index is -3.52. The smallest absolute Gasteiger partial charge is 0.236 e. The third kappa shape index (κ3) is 4.13. The van der Waals surface area contributed by atoms with Gasteiger partial charge in [-0.05, 0) is 41.9 Å². The maximum absolute atomic E-state index is 11.2. The minimum Gasteiger partial charge on any atom is -0.496 e. The van der Waals surface area contributed by atoms with Crippen molar-refractivity contribution in [3.8, 4) is 5.75 Å². The summed E-state index contributed by atoms with van der Waals surface area (Å²) in [6.45, 7) is 2.28. The van der Waals surface area contributed by atoms with Gasteiger partial charge in [-0.1, -0.05) is 31.9 Å². The Hall–Kier alpha value is -0.740. The molecule has 3 nitrogen and oxygen atoms in total. The van der Waals surface area contributed by atoms with Crippen molar-refractivity contribution in [1.29, 1.82) is 0 Å². The van der Waals surface area contributed by atoms with Crippen LogP contribution in [0.15, 0.2) is 18.2 Å². The van der Waals surface area contributed by atoms with Gasteiger partial charge in [0.25, 0.3) is 0 Å². The highest BCUT2D eigenvalue weighted by atomic mass is 35.7. The molecular formula is C15H21ClO3S. The van der Waals surface area contributed by atoms with Crippen molar-refractivity contribution in [2.75, 3.05) is 7.11 Å². The van der Waals surface area contributed by atoms with E-state index in [1.807, 2.05) is 12.1 Å². The van der Waals surface area contributed by atoms with Gasteiger partial charge in [-0.25, -0.2) is 8.42 Å². The molecule has 0 bridgehead atoms. The van der Waals surface area contributed by atoms with Gasteiger partial charge in [0.15, 0.2) is 0 Å². The molecule has 1 aliphatic rings. The second-order valence-electron chi connectivity index (χ2n) is 5.72. The highest BCUT2D eigenvalue weighted by molar-refractivity contribution is 8.13. The molecule has 5 heteroatoms. The summed E-state index contributed by atoms with van der Waals surface area (Å²) in [5.41, 5.74) is 1.85. The maximum Gasteiger partial charge on any atom is 0.236 e. The Kier molecular flexibility index (Phi) is 4.97. The van der Waals surface area contributed by atoms with Crippen molar-refractivity contribution in [2.45, 2.75) is 44.3 Å². The van der Waals surface area contributed by atoms with E-state index in [1.54, 1.807) is 13.2 Å². The van der Waals surface area contributed by atoms with Gasteiger partial charge in [-0.3, -0.25) is 0 Å². The molecule has 0 radical (unpaired) electrons. The molecule has 0 N–H and O–H groups in total. The zero-order chi connectivity index (χ0) is 14.8. The molecule has 1 fully saturated rings. The zero-order valence-electron chi connectivity index (χ0n) is 11.9. The lowest BCUT2D eigenvalue weighted by Gasteiger charge is -2.27. The molecule has 0 unspecified atom stereocenters. The van der Waals surface area contributed by atoms with E-state index in [-0.39, 0.29) is 5.75 Å². The third-order valence-corrected chi connectivity index (χ3v) is 5.09. The van der Waals surface area contributed by atoms with Gasteiger partial charge in [-0.15, -0.1) is 0 Å². The lowest BCUT2D eigenvalue weighted by Crippen LogP contribution is -2.12. The zero-order valence-corrected chi connectivity index (χ0v) is 13.5. The van der Waals surface area contributed by atoms with Crippen LogP contribution < -0.4 is 4.74 Å². The summed E-state index contributed by atoms with van der Waals surface area (Å²) in [4.78, 5) is 0. The molecule has 1 aromatic rings. The summed E-state index contributed by atoms with van der Waals surface area (Å²) in [7, 11) is 3.47. The quantitative estimate of drug-likeness (QED) is 0.787. The van der Waals surface area contributed by atoms with Crippen molar-refractivity contribution in [3.63, 3.8) is 0 Å². The molecule has 1 aromatic carbocycles. The number of rotatable bonds is 4. The van der Waals surface area contributed by atoms with Gasteiger partial charge < -0.3 is 4.74 Å². The maximum atomic E-state index is 11.2. The Balaban J connectivity index is 2.27. The first-order chi connectivity index (χ1) is 9.39. The third-order valence-electron chi connectivity index (χ3n) is 4.09. The van der Waals surface area contributed by atoms with E-state index in [9.17, 15) is 8.42 Å². The van der Waals surface area contributed by atoms with Crippen molar-refractivity contribution in [1.82, 2.24) is 0 Å². The van der Waals surface area contributed by atoms with Gasteiger partial charge in [0, 0.05) is 10.7 Å². The lowest BCUT2D eigenvalue weighted by molar-refractivity contribution is 0.336. The van der Waals surface area contributed by atoms with E-state index in [0.29, 0.717) is 5.92 Å². The Bertz CT molecular complexity index is 560. The molecular weight excluding hydrogens is 296 g/mol. The first-order valence-electron chi connectivity index (χ1n) is 6.98. The first kappa shape index (κ1) is 15.6. The molecule has 0 amide bonds. The molecule has 0 aromatic heterocycles. The van der Waals surface area contributed by atoms with E-state index >= 15 is 0 Å². The van der Waals surface area contributed by atoms with Crippen molar-refractivity contribution in [2.24, 2.45) is 5.92 Å². The normalized spacial score (nSPS) is 23.6. The number of benzene rings is 1. The summed E-state index contributed by atoms with van der Waals surface area (Å²) >= 11 is 0. The lowest BCUT2D eigenvalue weighted by atomic mass is 9.79. The van der Waals surface area contributed by atoms with E-state index < -0.39 is 9.05 Å². The topological polar surface area (TPSA) is 43.4 Å². The van der Waals surface area contributed by atoms with Crippen LogP contribution in [-0.2, 0) is 14.8 Å². The second-order valence-corrected chi connectivity index (χ2v) is 8.49. The number of ether oxygens (including phenoxy) is 1. The van der Waals surface area contributed by atoms with Crippen LogP contribution in [0, 0.1) is 5.92 Å². The van der Waals surface area contributed by atoms with Crippen LogP contribution in [0.25, 0.3) is 0 Å². The van der Waals surface area contributed by atoms with Gasteiger partial charge >= 0.3 is 0 Å². The second kappa shape index (κ2) is 6.35. The van der Waals surface area contributed by atoms with Crippen LogP contribution in [0.5, 0.6) is 5.75 Å². The summed E-state index contributed by atoms with van der Waals surface area (Å²) in [6.07, 6.45) is 4.70. The number of hydrogen-bond acceptors (Lipinski definition) is 3. The standard InChI is InChI=1S/C15H21ClO3S/c1-11-3-6-13(7-4-11)14-9-12(10-20(16,17)18)5-8-15(14)19-2/h5,8-9,11,13H,3-4,6-7,10H2,1-2H3. The largest absolute Gasteiger partial charge is 0.496 e. The van der Waals surface area contributed by atoms with Crippen LogP contribution >= 0.6 is 10.7 Å². The Morgan fingerprint density at radius 1 is 1.25 bits per heavy atom. The van der Waals surface area contributed by atoms with Crippen LogP contribution in [0.4, 0.5) is 0 Å². The molecule has 2 rings (SSSR count). The molecule has 0 heterocycles. The molecule has 1 aliphatic carbocycles. The fraction of sp³-hybridized carbons (Fsp3) is 0.600. The Morgan fingerprint density at radius 2 is 1.90 bits per heavy atom. The van der Waals surface area contributed by atoms with Crippen LogP contribution in [0.1, 0.15) is 49.7 Å². The molecule has 0 saturated heterocycles. The molecule has 1 saturated carbocycles. The monoisotopic (exact) mass is 316 g/mol. The summed E-state index contributed by atoms with van der Waals surface area (Å²) < 4.78 is 27.9. The summed E-state index contributed by atoms with van der Waals surface area (Å²) in [5, 5.41) is 0. The fourth-order valence-corrected chi connectivity index (χ4v) is 3.92.